The first kappa shape index (κ1) is 16.4. The molecule has 20 heavy (non-hydrogen) atoms. The molecule has 0 aliphatic heterocycles. The first-order valence-corrected chi connectivity index (χ1v) is 6.36. The van der Waals surface area contributed by atoms with Crippen LogP contribution < -0.4 is 10.6 Å². The minimum Gasteiger partial charge on any atom is -0.501 e. The molecular weight excluding hydrogens is 268 g/mol. The van der Waals surface area contributed by atoms with E-state index in [4.69, 9.17) is 9.84 Å². The summed E-state index contributed by atoms with van der Waals surface area (Å²) in [6, 6.07) is -1.50. The number of ether oxygens (including phenoxy) is 1. The first-order chi connectivity index (χ1) is 9.49. The number of rotatable bonds is 5. The number of amides is 3. The number of hydrogen-bond donors (Lipinski definition) is 5. The topological polar surface area (TPSA) is 128 Å². The van der Waals surface area contributed by atoms with Crippen LogP contribution in [0, 0.1) is 5.92 Å². The maximum absolute atomic E-state index is 11.5. The van der Waals surface area contributed by atoms with Gasteiger partial charge in [0.25, 0.3) is 5.91 Å². The monoisotopic (exact) mass is 288 g/mol. The van der Waals surface area contributed by atoms with Gasteiger partial charge in [-0.2, -0.15) is 0 Å². The van der Waals surface area contributed by atoms with Crippen LogP contribution in [0.4, 0.5) is 4.79 Å². The summed E-state index contributed by atoms with van der Waals surface area (Å²) in [5.41, 5.74) is 0. The highest BCUT2D eigenvalue weighted by Crippen LogP contribution is 2.26. The third kappa shape index (κ3) is 4.48. The van der Waals surface area contributed by atoms with Crippen molar-refractivity contribution in [2.75, 3.05) is 13.2 Å². The molecule has 8 heteroatoms. The van der Waals surface area contributed by atoms with Gasteiger partial charge in [-0.25, -0.2) is 4.79 Å². The minimum absolute atomic E-state index is 0.231. The number of aliphatic hydroxyl groups is 3. The summed E-state index contributed by atoms with van der Waals surface area (Å²) in [7, 11) is 0. The molecule has 0 aromatic heterocycles. The lowest BCUT2D eigenvalue weighted by atomic mass is 10.1. The van der Waals surface area contributed by atoms with Crippen molar-refractivity contribution in [1.29, 1.82) is 0 Å². The second-order valence-electron chi connectivity index (χ2n) is 4.49. The van der Waals surface area contributed by atoms with Gasteiger partial charge in [-0.3, -0.25) is 10.1 Å². The van der Waals surface area contributed by atoms with Gasteiger partial charge in [0.1, 0.15) is 6.10 Å². The van der Waals surface area contributed by atoms with E-state index in [2.05, 4.69) is 5.32 Å². The normalized spacial score (nSPS) is 29.4. The van der Waals surface area contributed by atoms with E-state index in [1.54, 1.807) is 6.92 Å². The summed E-state index contributed by atoms with van der Waals surface area (Å²) < 4.78 is 4.80. The van der Waals surface area contributed by atoms with E-state index in [1.807, 2.05) is 5.32 Å². The van der Waals surface area contributed by atoms with Crippen molar-refractivity contribution >= 4 is 11.9 Å². The van der Waals surface area contributed by atoms with Crippen molar-refractivity contribution in [3.63, 3.8) is 0 Å². The number of carbonyl (C=O) groups excluding carboxylic acids is 2. The van der Waals surface area contributed by atoms with Gasteiger partial charge in [0.05, 0.1) is 25.0 Å². The highest BCUT2D eigenvalue weighted by molar-refractivity contribution is 6.00. The SMILES string of the molecule is CCO/C=C/C(=O)NC(=O)N[C@@H]1C[C@H](CO)[C@@H](O)[C@H]1O. The average molecular weight is 288 g/mol. The van der Waals surface area contributed by atoms with Crippen LogP contribution in [0.2, 0.25) is 0 Å². The van der Waals surface area contributed by atoms with E-state index in [-0.39, 0.29) is 13.0 Å². The molecule has 1 rings (SSSR count). The smallest absolute Gasteiger partial charge is 0.322 e. The quantitative estimate of drug-likeness (QED) is 0.308. The Balaban J connectivity index is 2.41. The van der Waals surface area contributed by atoms with Crippen molar-refractivity contribution < 1.29 is 29.6 Å². The van der Waals surface area contributed by atoms with Crippen molar-refractivity contribution in [3.05, 3.63) is 12.3 Å². The van der Waals surface area contributed by atoms with Crippen molar-refractivity contribution in [3.8, 4) is 0 Å². The van der Waals surface area contributed by atoms with Gasteiger partial charge < -0.3 is 25.4 Å². The molecule has 1 saturated carbocycles. The van der Waals surface area contributed by atoms with Crippen LogP contribution in [-0.2, 0) is 9.53 Å². The summed E-state index contributed by atoms with van der Waals surface area (Å²) in [6.07, 6.45) is 0.179. The molecule has 0 unspecified atom stereocenters. The summed E-state index contributed by atoms with van der Waals surface area (Å²) in [6.45, 7) is 1.87. The minimum atomic E-state index is -1.17. The van der Waals surface area contributed by atoms with E-state index in [0.717, 1.165) is 6.08 Å². The number of aliphatic hydroxyl groups excluding tert-OH is 3. The van der Waals surface area contributed by atoms with Gasteiger partial charge in [0.15, 0.2) is 0 Å². The lowest BCUT2D eigenvalue weighted by Gasteiger charge is -2.17. The van der Waals surface area contributed by atoms with Crippen LogP contribution in [0.1, 0.15) is 13.3 Å². The van der Waals surface area contributed by atoms with Crippen LogP contribution >= 0.6 is 0 Å². The maximum atomic E-state index is 11.5. The molecule has 0 aromatic rings. The molecule has 0 bridgehead atoms. The number of hydrogen-bond acceptors (Lipinski definition) is 6. The Morgan fingerprint density at radius 3 is 2.60 bits per heavy atom. The fourth-order valence-corrected chi connectivity index (χ4v) is 2.01. The van der Waals surface area contributed by atoms with Crippen LogP contribution in [0.25, 0.3) is 0 Å². The van der Waals surface area contributed by atoms with Crippen LogP contribution in [-0.4, -0.2) is 58.7 Å². The molecule has 8 nitrogen and oxygen atoms in total. The highest BCUT2D eigenvalue weighted by Gasteiger charge is 2.41. The number of nitrogens with one attached hydrogen (secondary N) is 2. The Morgan fingerprint density at radius 1 is 1.35 bits per heavy atom. The molecule has 1 aliphatic rings. The van der Waals surface area contributed by atoms with Gasteiger partial charge in [-0.1, -0.05) is 0 Å². The zero-order valence-electron chi connectivity index (χ0n) is 11.2. The van der Waals surface area contributed by atoms with Gasteiger partial charge in [-0.15, -0.1) is 0 Å². The fourth-order valence-electron chi connectivity index (χ4n) is 2.01. The lowest BCUT2D eigenvalue weighted by Crippen LogP contribution is -2.48. The Hall–Kier alpha value is -1.64. The lowest BCUT2D eigenvalue weighted by molar-refractivity contribution is -0.115. The van der Waals surface area contributed by atoms with Crippen molar-refractivity contribution in [1.82, 2.24) is 10.6 Å². The molecule has 0 aromatic carbocycles. The van der Waals surface area contributed by atoms with E-state index < -0.39 is 36.1 Å². The molecule has 1 fully saturated rings. The molecular formula is C12H20N2O6. The third-order valence-corrected chi connectivity index (χ3v) is 3.07. The number of carbonyl (C=O) groups is 2. The van der Waals surface area contributed by atoms with E-state index >= 15 is 0 Å². The van der Waals surface area contributed by atoms with Gasteiger partial charge >= 0.3 is 6.03 Å². The summed E-state index contributed by atoms with van der Waals surface area (Å²) in [5.74, 6) is -1.16. The maximum Gasteiger partial charge on any atom is 0.322 e. The van der Waals surface area contributed by atoms with Crippen molar-refractivity contribution in [2.45, 2.75) is 31.6 Å². The summed E-state index contributed by atoms with van der Waals surface area (Å²) in [4.78, 5) is 22.8. The van der Waals surface area contributed by atoms with Crippen LogP contribution in [0.15, 0.2) is 12.3 Å². The van der Waals surface area contributed by atoms with Gasteiger partial charge in [0.2, 0.25) is 0 Å². The molecule has 0 radical (unpaired) electrons. The zero-order valence-corrected chi connectivity index (χ0v) is 11.2. The second-order valence-corrected chi connectivity index (χ2v) is 4.49. The first-order valence-electron chi connectivity index (χ1n) is 6.36. The Morgan fingerprint density at radius 2 is 2.05 bits per heavy atom. The Kier molecular flexibility index (Phi) is 6.43. The predicted molar refractivity (Wildman–Crippen MR) is 68.4 cm³/mol. The summed E-state index contributed by atoms with van der Waals surface area (Å²) >= 11 is 0. The fraction of sp³-hybridized carbons (Fsp3) is 0.667. The predicted octanol–water partition coefficient (Wildman–Crippen LogP) is -1.53. The van der Waals surface area contributed by atoms with Gasteiger partial charge in [0, 0.05) is 18.6 Å². The zero-order chi connectivity index (χ0) is 15.1. The van der Waals surface area contributed by atoms with Gasteiger partial charge in [-0.05, 0) is 13.3 Å². The Labute approximate surface area is 116 Å². The van der Waals surface area contributed by atoms with Crippen LogP contribution in [0.5, 0.6) is 0 Å². The molecule has 4 atom stereocenters. The molecule has 5 N–H and O–H groups in total. The van der Waals surface area contributed by atoms with Crippen LogP contribution in [0.3, 0.4) is 0 Å². The molecule has 114 valence electrons. The van der Waals surface area contributed by atoms with E-state index in [0.29, 0.717) is 6.61 Å². The molecule has 0 heterocycles. The summed E-state index contributed by atoms with van der Waals surface area (Å²) in [5, 5.41) is 32.7. The van der Waals surface area contributed by atoms with E-state index in [1.165, 1.54) is 6.26 Å². The van der Waals surface area contributed by atoms with Crippen molar-refractivity contribution in [2.24, 2.45) is 5.92 Å². The average Bonchev–Trinajstić information content (AvgIpc) is 2.66. The largest absolute Gasteiger partial charge is 0.501 e. The number of urea groups is 1. The molecule has 0 spiro atoms. The Bertz CT molecular complexity index is 373. The molecule has 1 aliphatic carbocycles. The molecule has 0 saturated heterocycles. The number of imide groups is 1. The third-order valence-electron chi connectivity index (χ3n) is 3.07. The molecule has 3 amide bonds. The highest BCUT2D eigenvalue weighted by atomic mass is 16.5. The second kappa shape index (κ2) is 7.83. The standard InChI is InChI=1S/C12H20N2O6/c1-2-20-4-3-9(16)14-12(19)13-8-5-7(6-15)10(17)11(8)18/h3-4,7-8,10-11,15,17-18H,2,5-6H2,1H3,(H2,13,14,16,19)/b4-3+/t7-,8-,10-,11+/m1/s1. The van der Waals surface area contributed by atoms with E-state index in [9.17, 15) is 19.8 Å².